The van der Waals surface area contributed by atoms with Crippen LogP contribution < -0.4 is 10.6 Å². The van der Waals surface area contributed by atoms with E-state index in [-0.39, 0.29) is 6.61 Å². The fourth-order valence-corrected chi connectivity index (χ4v) is 3.09. The van der Waals surface area contributed by atoms with Crippen molar-refractivity contribution in [2.75, 3.05) is 11.9 Å². The van der Waals surface area contributed by atoms with E-state index in [1.54, 1.807) is 61.2 Å². The molecule has 3 aromatic heterocycles. The zero-order valence-electron chi connectivity index (χ0n) is 17.8. The average Bonchev–Trinajstić information content (AvgIpc) is 3.40. The monoisotopic (exact) mass is 472 g/mol. The van der Waals surface area contributed by atoms with E-state index >= 15 is 0 Å². The second kappa shape index (κ2) is 9.65. The van der Waals surface area contributed by atoms with E-state index in [0.29, 0.717) is 28.4 Å². The highest BCUT2D eigenvalue weighted by molar-refractivity contribution is 5.90. The summed E-state index contributed by atoms with van der Waals surface area (Å²) in [5, 5.41) is 11.9. The van der Waals surface area contributed by atoms with E-state index in [9.17, 15) is 18.0 Å². The third-order valence-electron chi connectivity index (χ3n) is 4.57. The van der Waals surface area contributed by atoms with Gasteiger partial charge in [0.15, 0.2) is 6.61 Å². The summed E-state index contributed by atoms with van der Waals surface area (Å²) in [5.74, 6) is 0.689. The lowest BCUT2D eigenvalue weighted by Gasteiger charge is -2.10. The Labute approximate surface area is 191 Å². The van der Waals surface area contributed by atoms with Crippen LogP contribution >= 0.6 is 0 Å². The number of hydrogen-bond acceptors (Lipinski definition) is 6. The molecule has 4 aromatic rings. The van der Waals surface area contributed by atoms with E-state index in [2.05, 4.69) is 20.6 Å². The summed E-state index contributed by atoms with van der Waals surface area (Å²) in [7, 11) is 0. The first-order valence-electron chi connectivity index (χ1n) is 10.0. The van der Waals surface area contributed by atoms with Crippen molar-refractivity contribution in [1.82, 2.24) is 19.9 Å². The molecule has 34 heavy (non-hydrogen) atoms. The average molecular weight is 472 g/mol. The number of aryl methyl sites for hydroxylation is 1. The number of anilines is 1. The fourth-order valence-electron chi connectivity index (χ4n) is 3.09. The summed E-state index contributed by atoms with van der Waals surface area (Å²) in [6.07, 6.45) is 0.519. The van der Waals surface area contributed by atoms with Crippen LogP contribution in [0.5, 0.6) is 0 Å². The molecule has 0 aliphatic carbocycles. The molecule has 0 aliphatic rings. The second-order valence-electron chi connectivity index (χ2n) is 7.27. The van der Waals surface area contributed by atoms with Gasteiger partial charge in [0.25, 0.3) is 0 Å². The SMILES string of the molecule is Cc1cc(CON=Cc2ccn3c(-c4cccc(NC(=O)NCC(F)(F)F)c4)cnc3c2)no1. The Balaban J connectivity index is 1.43. The van der Waals surface area contributed by atoms with Gasteiger partial charge in [0.1, 0.15) is 23.6 Å². The van der Waals surface area contributed by atoms with E-state index < -0.39 is 18.8 Å². The maximum Gasteiger partial charge on any atom is 0.405 e. The number of fused-ring (bicyclic) bond motifs is 1. The van der Waals surface area contributed by atoms with Crippen LogP contribution in [0.15, 0.2) is 64.5 Å². The van der Waals surface area contributed by atoms with Gasteiger partial charge < -0.3 is 20.0 Å². The molecule has 0 aliphatic heterocycles. The molecule has 12 heteroatoms. The number of imidazole rings is 1. The zero-order valence-corrected chi connectivity index (χ0v) is 17.8. The Morgan fingerprint density at radius 1 is 1.26 bits per heavy atom. The Morgan fingerprint density at radius 2 is 2.12 bits per heavy atom. The third kappa shape index (κ3) is 5.91. The predicted molar refractivity (Wildman–Crippen MR) is 117 cm³/mol. The number of carbonyl (C=O) groups excluding carboxylic acids is 1. The third-order valence-corrected chi connectivity index (χ3v) is 4.57. The molecule has 0 saturated carbocycles. The highest BCUT2D eigenvalue weighted by Gasteiger charge is 2.27. The molecule has 2 amide bonds. The highest BCUT2D eigenvalue weighted by Crippen LogP contribution is 2.24. The lowest BCUT2D eigenvalue weighted by molar-refractivity contribution is -0.122. The summed E-state index contributed by atoms with van der Waals surface area (Å²) in [6.45, 7) is 0.556. The number of aromatic nitrogens is 3. The molecule has 9 nitrogen and oxygen atoms in total. The predicted octanol–water partition coefficient (Wildman–Crippen LogP) is 4.53. The summed E-state index contributed by atoms with van der Waals surface area (Å²) in [4.78, 5) is 21.3. The largest absolute Gasteiger partial charge is 0.405 e. The van der Waals surface area contributed by atoms with Crippen LogP contribution in [0.2, 0.25) is 0 Å². The van der Waals surface area contributed by atoms with Crippen molar-refractivity contribution < 1.29 is 27.3 Å². The van der Waals surface area contributed by atoms with E-state index in [4.69, 9.17) is 9.36 Å². The number of pyridine rings is 1. The first kappa shape index (κ1) is 22.8. The smallest absolute Gasteiger partial charge is 0.389 e. The molecule has 0 saturated heterocycles. The number of benzene rings is 1. The Kier molecular flexibility index (Phi) is 6.48. The Bertz CT molecular complexity index is 1330. The fraction of sp³-hybridized carbons (Fsp3) is 0.182. The minimum atomic E-state index is -4.48. The first-order valence-corrected chi connectivity index (χ1v) is 10.0. The Hall–Kier alpha value is -4.35. The standard InChI is InChI=1S/C22H19F3N6O3/c1-14-7-18(30-34-14)12-33-28-10-15-5-6-31-19(11-26-20(31)8-15)16-3-2-4-17(9-16)29-21(32)27-13-22(23,24)25/h2-11H,12-13H2,1H3,(H2,27,29,32). The summed E-state index contributed by atoms with van der Waals surface area (Å²) in [6, 6.07) is 11.1. The van der Waals surface area contributed by atoms with Gasteiger partial charge in [0.05, 0.1) is 18.1 Å². The molecule has 4 rings (SSSR count). The molecule has 1 aromatic carbocycles. The molecule has 0 fully saturated rings. The maximum absolute atomic E-state index is 12.3. The maximum atomic E-state index is 12.3. The molecule has 0 spiro atoms. The minimum Gasteiger partial charge on any atom is -0.389 e. The van der Waals surface area contributed by atoms with E-state index in [1.165, 1.54) is 0 Å². The Morgan fingerprint density at radius 3 is 2.88 bits per heavy atom. The van der Waals surface area contributed by atoms with Gasteiger partial charge in [-0.05, 0) is 31.2 Å². The summed E-state index contributed by atoms with van der Waals surface area (Å²) < 4.78 is 43.6. The van der Waals surface area contributed by atoms with Crippen LogP contribution in [0, 0.1) is 6.92 Å². The van der Waals surface area contributed by atoms with Crippen LogP contribution in [-0.4, -0.2) is 39.5 Å². The molecular weight excluding hydrogens is 453 g/mol. The van der Waals surface area contributed by atoms with Crippen LogP contribution in [0.3, 0.4) is 0 Å². The molecule has 176 valence electrons. The van der Waals surface area contributed by atoms with Gasteiger partial charge in [-0.15, -0.1) is 0 Å². The number of carbonyl (C=O) groups is 1. The quantitative estimate of drug-likeness (QED) is 0.304. The van der Waals surface area contributed by atoms with Crippen molar-refractivity contribution in [3.05, 3.63) is 71.9 Å². The van der Waals surface area contributed by atoms with Crippen molar-refractivity contribution in [1.29, 1.82) is 0 Å². The molecular formula is C22H19F3N6O3. The number of nitrogens with zero attached hydrogens (tertiary/aromatic N) is 4. The van der Waals surface area contributed by atoms with Crippen LogP contribution in [0.1, 0.15) is 17.0 Å². The number of alkyl halides is 3. The van der Waals surface area contributed by atoms with E-state index in [1.807, 2.05) is 16.5 Å². The number of urea groups is 1. The lowest BCUT2D eigenvalue weighted by atomic mass is 10.1. The molecule has 3 heterocycles. The van der Waals surface area contributed by atoms with Gasteiger partial charge in [-0.25, -0.2) is 9.78 Å². The lowest BCUT2D eigenvalue weighted by Crippen LogP contribution is -2.36. The summed E-state index contributed by atoms with van der Waals surface area (Å²) >= 11 is 0. The molecule has 0 unspecified atom stereocenters. The van der Waals surface area contributed by atoms with Gasteiger partial charge in [0, 0.05) is 29.1 Å². The zero-order chi connectivity index (χ0) is 24.1. The topological polar surface area (TPSA) is 106 Å². The van der Waals surface area contributed by atoms with Crippen LogP contribution in [0.4, 0.5) is 23.7 Å². The van der Waals surface area contributed by atoms with Crippen LogP contribution in [0.25, 0.3) is 16.9 Å². The number of amides is 2. The summed E-state index contributed by atoms with van der Waals surface area (Å²) in [5.41, 5.74) is 3.84. The van der Waals surface area contributed by atoms with E-state index in [0.717, 1.165) is 11.3 Å². The van der Waals surface area contributed by atoms with Crippen molar-refractivity contribution in [2.45, 2.75) is 19.7 Å². The molecule has 0 radical (unpaired) electrons. The number of oxime groups is 1. The number of rotatable bonds is 7. The minimum absolute atomic E-state index is 0.183. The van der Waals surface area contributed by atoms with Crippen molar-refractivity contribution in [2.24, 2.45) is 5.16 Å². The van der Waals surface area contributed by atoms with Gasteiger partial charge in [-0.1, -0.05) is 22.4 Å². The first-order chi connectivity index (χ1) is 16.3. The number of halogens is 3. The van der Waals surface area contributed by atoms with Crippen molar-refractivity contribution in [3.63, 3.8) is 0 Å². The second-order valence-corrected chi connectivity index (χ2v) is 7.27. The van der Waals surface area contributed by atoms with Gasteiger partial charge in [0.2, 0.25) is 0 Å². The molecule has 0 bridgehead atoms. The van der Waals surface area contributed by atoms with Crippen molar-refractivity contribution in [3.8, 4) is 11.3 Å². The number of hydrogen-bond donors (Lipinski definition) is 2. The molecule has 0 atom stereocenters. The van der Waals surface area contributed by atoms with Crippen molar-refractivity contribution >= 4 is 23.6 Å². The highest BCUT2D eigenvalue weighted by atomic mass is 19.4. The van der Waals surface area contributed by atoms with Crippen LogP contribution in [-0.2, 0) is 11.4 Å². The van der Waals surface area contributed by atoms with Gasteiger partial charge >= 0.3 is 12.2 Å². The normalized spacial score (nSPS) is 11.8. The number of nitrogens with one attached hydrogen (secondary N) is 2. The van der Waals surface area contributed by atoms with Gasteiger partial charge in [-0.3, -0.25) is 4.40 Å². The van der Waals surface area contributed by atoms with Gasteiger partial charge in [-0.2, -0.15) is 13.2 Å². The molecule has 2 N–H and O–H groups in total.